The normalized spacial score (nSPS) is 25.1. The SMILES string of the molecule is CC(F)(F)CC[C@H](NC(=O)[C@@H]1C2CCC(CC2)N1C(=O)[C@@H](NC(=O)O)C(C)(C)C)C(=O)C(=O)NC1CC1. The van der Waals surface area contributed by atoms with E-state index in [0.717, 1.165) is 12.8 Å². The van der Waals surface area contributed by atoms with Crippen LogP contribution in [0.25, 0.3) is 0 Å². The highest BCUT2D eigenvalue weighted by molar-refractivity contribution is 6.38. The number of hydrogen-bond acceptors (Lipinski definition) is 5. The molecule has 0 spiro atoms. The van der Waals surface area contributed by atoms with E-state index in [1.54, 1.807) is 20.8 Å². The van der Waals surface area contributed by atoms with Crippen LogP contribution in [0.1, 0.15) is 79.1 Å². The highest BCUT2D eigenvalue weighted by Gasteiger charge is 2.51. The van der Waals surface area contributed by atoms with Gasteiger partial charge in [0.25, 0.3) is 5.91 Å². The number of piperidine rings is 2. The summed E-state index contributed by atoms with van der Waals surface area (Å²) in [5.41, 5.74) is -0.792. The quantitative estimate of drug-likeness (QED) is 0.320. The number of carboxylic acid groups (broad SMARTS) is 1. The molecule has 0 aromatic heterocycles. The van der Waals surface area contributed by atoms with E-state index in [4.69, 9.17) is 0 Å². The van der Waals surface area contributed by atoms with Crippen molar-refractivity contribution in [3.05, 3.63) is 0 Å². The lowest BCUT2D eigenvalue weighted by Gasteiger charge is -2.52. The Morgan fingerprint density at radius 3 is 2.03 bits per heavy atom. The van der Waals surface area contributed by atoms with Crippen molar-refractivity contribution < 1.29 is 37.9 Å². The first kappa shape index (κ1) is 28.8. The molecule has 2 aliphatic carbocycles. The molecule has 2 aliphatic heterocycles. The molecule has 4 fully saturated rings. The van der Waals surface area contributed by atoms with Crippen molar-refractivity contribution in [1.82, 2.24) is 20.9 Å². The number of nitrogens with zero attached hydrogens (tertiary/aromatic N) is 1. The fraction of sp³-hybridized carbons (Fsp3) is 0.800. The molecule has 4 aliphatic rings. The van der Waals surface area contributed by atoms with Gasteiger partial charge in [-0.05, 0) is 63.2 Å². The Kier molecular flexibility index (Phi) is 8.48. The van der Waals surface area contributed by atoms with Crippen LogP contribution in [0.3, 0.4) is 0 Å². The van der Waals surface area contributed by atoms with E-state index in [2.05, 4.69) is 16.0 Å². The van der Waals surface area contributed by atoms with Crippen molar-refractivity contribution in [3.8, 4) is 0 Å². The van der Waals surface area contributed by atoms with E-state index < -0.39 is 71.9 Å². The molecular formula is C25H38F2N4O6. The van der Waals surface area contributed by atoms with Gasteiger partial charge in [0.2, 0.25) is 23.5 Å². The van der Waals surface area contributed by atoms with Crippen LogP contribution in [0, 0.1) is 11.3 Å². The fourth-order valence-electron chi connectivity index (χ4n) is 5.29. The van der Waals surface area contributed by atoms with Gasteiger partial charge in [0.15, 0.2) is 0 Å². The third-order valence-corrected chi connectivity index (χ3v) is 7.43. The van der Waals surface area contributed by atoms with Crippen molar-refractivity contribution in [2.24, 2.45) is 11.3 Å². The van der Waals surface area contributed by atoms with Crippen molar-refractivity contribution in [2.75, 3.05) is 0 Å². The van der Waals surface area contributed by atoms with E-state index in [1.807, 2.05) is 0 Å². The third kappa shape index (κ3) is 7.38. The average molecular weight is 529 g/mol. The Morgan fingerprint density at radius 1 is 0.946 bits per heavy atom. The fourth-order valence-corrected chi connectivity index (χ4v) is 5.29. The van der Waals surface area contributed by atoms with E-state index in [1.165, 1.54) is 4.90 Å². The summed E-state index contributed by atoms with van der Waals surface area (Å²) >= 11 is 0. The number of nitrogens with one attached hydrogen (secondary N) is 3. The molecule has 12 heteroatoms. The van der Waals surface area contributed by atoms with Crippen LogP contribution in [0.15, 0.2) is 0 Å². The Hall–Kier alpha value is -2.79. The van der Waals surface area contributed by atoms with Gasteiger partial charge in [-0.1, -0.05) is 20.8 Å². The Labute approximate surface area is 215 Å². The molecule has 0 aromatic carbocycles. The van der Waals surface area contributed by atoms with Crippen LogP contribution in [0.4, 0.5) is 13.6 Å². The second-order valence-electron chi connectivity index (χ2n) is 11.8. The first-order valence-corrected chi connectivity index (χ1v) is 12.9. The molecule has 3 atom stereocenters. The molecule has 0 unspecified atom stereocenters. The van der Waals surface area contributed by atoms with Crippen LogP contribution in [-0.2, 0) is 19.2 Å². The first-order valence-electron chi connectivity index (χ1n) is 12.9. The van der Waals surface area contributed by atoms with E-state index in [0.29, 0.717) is 32.6 Å². The minimum absolute atomic E-state index is 0.126. The lowest BCUT2D eigenvalue weighted by molar-refractivity contribution is -0.157. The van der Waals surface area contributed by atoms with Crippen LogP contribution in [0.5, 0.6) is 0 Å². The van der Waals surface area contributed by atoms with E-state index >= 15 is 0 Å². The Morgan fingerprint density at radius 2 is 1.54 bits per heavy atom. The number of ketones is 1. The number of amides is 4. The van der Waals surface area contributed by atoms with Crippen LogP contribution >= 0.6 is 0 Å². The van der Waals surface area contributed by atoms with Crippen molar-refractivity contribution in [1.29, 1.82) is 0 Å². The smallest absolute Gasteiger partial charge is 0.405 e. The first-order chi connectivity index (χ1) is 17.1. The number of halogens is 2. The molecule has 37 heavy (non-hydrogen) atoms. The average Bonchev–Trinajstić information content (AvgIpc) is 3.61. The zero-order valence-electron chi connectivity index (χ0n) is 21.8. The predicted molar refractivity (Wildman–Crippen MR) is 129 cm³/mol. The van der Waals surface area contributed by atoms with Gasteiger partial charge in [-0.25, -0.2) is 13.6 Å². The van der Waals surface area contributed by atoms with Gasteiger partial charge in [-0.3, -0.25) is 19.2 Å². The maximum atomic E-state index is 13.7. The van der Waals surface area contributed by atoms with Crippen LogP contribution in [-0.4, -0.2) is 75.7 Å². The molecule has 4 amide bonds. The van der Waals surface area contributed by atoms with Gasteiger partial charge in [0.05, 0.1) is 6.04 Å². The summed E-state index contributed by atoms with van der Waals surface area (Å²) in [4.78, 5) is 65.4. The molecular weight excluding hydrogens is 490 g/mol. The lowest BCUT2D eigenvalue weighted by atomic mass is 9.73. The summed E-state index contributed by atoms with van der Waals surface area (Å²) in [6, 6.07) is -4.01. The third-order valence-electron chi connectivity index (χ3n) is 7.43. The van der Waals surface area contributed by atoms with Gasteiger partial charge in [-0.15, -0.1) is 0 Å². The second kappa shape index (κ2) is 10.9. The number of hydrogen-bond donors (Lipinski definition) is 4. The van der Waals surface area contributed by atoms with Gasteiger partial charge in [0.1, 0.15) is 12.1 Å². The number of alkyl halides is 2. The van der Waals surface area contributed by atoms with Crippen LogP contribution in [0.2, 0.25) is 0 Å². The minimum Gasteiger partial charge on any atom is -0.465 e. The Bertz CT molecular complexity index is 919. The summed E-state index contributed by atoms with van der Waals surface area (Å²) in [5, 5.41) is 16.6. The molecule has 4 N–H and O–H groups in total. The number of rotatable bonds is 10. The summed E-state index contributed by atoms with van der Waals surface area (Å²) in [7, 11) is 0. The van der Waals surface area contributed by atoms with Crippen molar-refractivity contribution in [3.63, 3.8) is 0 Å². The lowest BCUT2D eigenvalue weighted by Crippen LogP contribution is -2.68. The molecule has 0 radical (unpaired) electrons. The zero-order valence-corrected chi connectivity index (χ0v) is 21.8. The van der Waals surface area contributed by atoms with Gasteiger partial charge >= 0.3 is 6.09 Å². The standard InChI is InChI=1S/C25H38F2N4O6/c1-24(2,3)19(30-23(36)37)22(35)31-15-9-5-13(6-10-15)17(31)20(33)29-16(11-12-25(4,26)27)18(32)21(34)28-14-7-8-14/h13-17,19,30H,5-12H2,1-4H3,(H,28,34)(H,29,33)(H,36,37)/t13?,15?,16-,17-,19+/m0/s1. The molecule has 2 heterocycles. The van der Waals surface area contributed by atoms with Crippen molar-refractivity contribution in [2.45, 2.75) is 115 Å². The van der Waals surface area contributed by atoms with Crippen molar-refractivity contribution >= 4 is 29.6 Å². The Balaban J connectivity index is 1.84. The minimum atomic E-state index is -3.11. The maximum absolute atomic E-state index is 13.7. The largest absolute Gasteiger partial charge is 0.465 e. The summed E-state index contributed by atoms with van der Waals surface area (Å²) in [5.74, 6) is -6.50. The molecule has 4 rings (SSSR count). The van der Waals surface area contributed by atoms with E-state index in [-0.39, 0.29) is 18.0 Å². The zero-order chi connectivity index (χ0) is 27.7. The topological polar surface area (TPSA) is 145 Å². The number of fused-ring (bicyclic) bond motifs is 3. The predicted octanol–water partition coefficient (Wildman–Crippen LogP) is 2.21. The van der Waals surface area contributed by atoms with E-state index in [9.17, 15) is 37.9 Å². The molecule has 208 valence electrons. The summed E-state index contributed by atoms with van der Waals surface area (Å²) in [6.45, 7) is 5.83. The number of carbonyl (C=O) groups excluding carboxylic acids is 4. The summed E-state index contributed by atoms with van der Waals surface area (Å²) < 4.78 is 27.2. The van der Waals surface area contributed by atoms with Gasteiger partial charge < -0.3 is 26.0 Å². The van der Waals surface area contributed by atoms with Crippen LogP contribution < -0.4 is 16.0 Å². The molecule has 2 saturated carbocycles. The maximum Gasteiger partial charge on any atom is 0.405 e. The highest BCUT2D eigenvalue weighted by Crippen LogP contribution is 2.41. The molecule has 10 nitrogen and oxygen atoms in total. The van der Waals surface area contributed by atoms with Gasteiger partial charge in [0, 0.05) is 18.5 Å². The molecule has 2 saturated heterocycles. The molecule has 0 aromatic rings. The van der Waals surface area contributed by atoms with Gasteiger partial charge in [-0.2, -0.15) is 0 Å². The number of Topliss-reactive ketones (excluding diaryl/α,β-unsaturated/α-hetero) is 1. The monoisotopic (exact) mass is 528 g/mol. The number of carbonyl (C=O) groups is 5. The molecule has 2 bridgehead atoms. The highest BCUT2D eigenvalue weighted by atomic mass is 19.3. The summed E-state index contributed by atoms with van der Waals surface area (Å²) in [6.07, 6.45) is 1.55. The second-order valence-corrected chi connectivity index (χ2v) is 11.8.